The van der Waals surface area contributed by atoms with Crippen LogP contribution in [0.2, 0.25) is 0 Å². The van der Waals surface area contributed by atoms with E-state index in [1.165, 1.54) is 11.1 Å². The Balaban J connectivity index is 1.18. The van der Waals surface area contributed by atoms with Crippen LogP contribution in [0.4, 0.5) is 0 Å². The van der Waals surface area contributed by atoms with E-state index in [9.17, 15) is 0 Å². The Bertz CT molecular complexity index is 2790. The number of allylic oxidation sites excluding steroid dienone is 1. The van der Waals surface area contributed by atoms with Crippen LogP contribution in [0.1, 0.15) is 35.6 Å². The number of para-hydroxylation sites is 1. The van der Waals surface area contributed by atoms with Crippen molar-refractivity contribution in [3.63, 3.8) is 0 Å². The average Bonchev–Trinajstić information content (AvgIpc) is 3.50. The molecule has 2 aliphatic rings. The molecular weight excluding hydrogens is 649 g/mol. The van der Waals surface area contributed by atoms with E-state index in [0.717, 1.165) is 89.2 Å². The number of furan rings is 1. The van der Waals surface area contributed by atoms with Gasteiger partial charge in [0.15, 0.2) is 5.84 Å². The number of hydrogen-bond acceptors (Lipinski definition) is 4. The fraction of sp³-hybridized carbons (Fsp3) is 0.0612. The third kappa shape index (κ3) is 5.47. The molecule has 8 aromatic rings. The molecule has 4 heteroatoms. The highest BCUT2D eigenvalue weighted by molar-refractivity contribution is 6.19. The van der Waals surface area contributed by atoms with Crippen molar-refractivity contribution in [3.8, 4) is 39.1 Å². The van der Waals surface area contributed by atoms with Crippen LogP contribution in [0.5, 0.6) is 5.75 Å². The van der Waals surface area contributed by atoms with E-state index in [-0.39, 0.29) is 0 Å². The molecule has 0 bridgehead atoms. The maximum Gasteiger partial charge on any atom is 0.160 e. The van der Waals surface area contributed by atoms with E-state index in [0.29, 0.717) is 18.9 Å². The van der Waals surface area contributed by atoms with Gasteiger partial charge in [0.2, 0.25) is 0 Å². The second-order valence-corrected chi connectivity index (χ2v) is 13.7. The molecule has 0 saturated carbocycles. The molecular formula is C49H34N2O2. The molecule has 252 valence electrons. The van der Waals surface area contributed by atoms with Crippen molar-refractivity contribution < 1.29 is 9.15 Å². The lowest BCUT2D eigenvalue weighted by Crippen LogP contribution is -2.12. The largest absolute Gasteiger partial charge is 0.488 e. The molecule has 0 saturated heterocycles. The SMILES string of the molecule is CC1=C(c2ccc3oc4ccccc4c3c2)N=C(c2ccc(-c3ccc(-c4ccccc4)cc3)c3c2-c2ccccc2CO3)N=C(c2ccccc2)C1. The lowest BCUT2D eigenvalue weighted by Gasteiger charge is -2.26. The number of hydrogen-bond donors (Lipinski definition) is 0. The zero-order valence-electron chi connectivity index (χ0n) is 29.2. The number of rotatable bonds is 5. The van der Waals surface area contributed by atoms with Crippen LogP contribution in [0.15, 0.2) is 184 Å². The van der Waals surface area contributed by atoms with Crippen molar-refractivity contribution in [1.82, 2.24) is 0 Å². The second kappa shape index (κ2) is 12.8. The number of ether oxygens (including phenoxy) is 1. The molecule has 0 N–H and O–H groups in total. The lowest BCUT2D eigenvalue weighted by molar-refractivity contribution is 0.303. The Morgan fingerprint density at radius 2 is 1.13 bits per heavy atom. The van der Waals surface area contributed by atoms with Crippen LogP contribution in [0, 0.1) is 0 Å². The molecule has 1 aromatic heterocycles. The fourth-order valence-electron chi connectivity index (χ4n) is 7.76. The van der Waals surface area contributed by atoms with Crippen LogP contribution < -0.4 is 4.74 Å². The number of amidine groups is 1. The summed E-state index contributed by atoms with van der Waals surface area (Å²) in [6.45, 7) is 2.67. The zero-order valence-corrected chi connectivity index (χ0v) is 29.2. The van der Waals surface area contributed by atoms with E-state index < -0.39 is 0 Å². The van der Waals surface area contributed by atoms with Crippen LogP contribution >= 0.6 is 0 Å². The Labute approximate surface area is 308 Å². The van der Waals surface area contributed by atoms with Crippen LogP contribution in [-0.4, -0.2) is 11.5 Å². The first-order chi connectivity index (χ1) is 26.2. The highest BCUT2D eigenvalue weighted by atomic mass is 16.5. The van der Waals surface area contributed by atoms with Gasteiger partial charge in [0.25, 0.3) is 0 Å². The summed E-state index contributed by atoms with van der Waals surface area (Å²) in [4.78, 5) is 10.9. The van der Waals surface area contributed by atoms with Crippen molar-refractivity contribution >= 4 is 39.2 Å². The minimum absolute atomic E-state index is 0.496. The molecule has 2 aliphatic heterocycles. The smallest absolute Gasteiger partial charge is 0.160 e. The summed E-state index contributed by atoms with van der Waals surface area (Å²) in [7, 11) is 0. The van der Waals surface area contributed by atoms with Crippen LogP contribution in [0.25, 0.3) is 61.0 Å². The zero-order chi connectivity index (χ0) is 35.3. The van der Waals surface area contributed by atoms with Gasteiger partial charge >= 0.3 is 0 Å². The maximum atomic E-state index is 6.71. The van der Waals surface area contributed by atoms with Gasteiger partial charge in [-0.25, -0.2) is 9.98 Å². The van der Waals surface area contributed by atoms with Gasteiger partial charge in [0.1, 0.15) is 23.5 Å². The molecule has 0 unspecified atom stereocenters. The minimum atomic E-state index is 0.496. The van der Waals surface area contributed by atoms with Crippen LogP contribution in [0.3, 0.4) is 0 Å². The third-order valence-corrected chi connectivity index (χ3v) is 10.4. The fourth-order valence-corrected chi connectivity index (χ4v) is 7.76. The molecule has 0 aliphatic carbocycles. The van der Waals surface area contributed by atoms with E-state index >= 15 is 0 Å². The highest BCUT2D eigenvalue weighted by Gasteiger charge is 2.28. The maximum absolute atomic E-state index is 6.71. The van der Waals surface area contributed by atoms with E-state index in [4.69, 9.17) is 19.1 Å². The molecule has 0 spiro atoms. The van der Waals surface area contributed by atoms with Gasteiger partial charge in [-0.15, -0.1) is 0 Å². The topological polar surface area (TPSA) is 47.1 Å². The Hall–Kier alpha value is -6.78. The van der Waals surface area contributed by atoms with Gasteiger partial charge in [0, 0.05) is 39.4 Å². The molecule has 7 aromatic carbocycles. The van der Waals surface area contributed by atoms with Gasteiger partial charge in [-0.1, -0.05) is 127 Å². The number of aliphatic imine (C=N–C) groups is 2. The molecule has 0 fully saturated rings. The van der Waals surface area contributed by atoms with Crippen molar-refractivity contribution in [3.05, 3.63) is 192 Å². The predicted molar refractivity (Wildman–Crippen MR) is 218 cm³/mol. The van der Waals surface area contributed by atoms with Crippen LogP contribution in [-0.2, 0) is 6.61 Å². The summed E-state index contributed by atoms with van der Waals surface area (Å²) in [5, 5.41) is 2.17. The van der Waals surface area contributed by atoms with Gasteiger partial charge in [0.05, 0.1) is 11.4 Å². The van der Waals surface area contributed by atoms with E-state index in [1.54, 1.807) is 0 Å². The molecule has 4 nitrogen and oxygen atoms in total. The van der Waals surface area contributed by atoms with Crippen molar-refractivity contribution in [2.24, 2.45) is 9.98 Å². The summed E-state index contributed by atoms with van der Waals surface area (Å²) in [5.41, 5.74) is 15.7. The summed E-state index contributed by atoms with van der Waals surface area (Å²) < 4.78 is 12.9. The lowest BCUT2D eigenvalue weighted by atomic mass is 9.88. The van der Waals surface area contributed by atoms with Crippen molar-refractivity contribution in [2.75, 3.05) is 0 Å². The molecule has 0 radical (unpaired) electrons. The van der Waals surface area contributed by atoms with E-state index in [2.05, 4.69) is 146 Å². The Kier molecular flexibility index (Phi) is 7.47. The first-order valence-electron chi connectivity index (χ1n) is 18.1. The van der Waals surface area contributed by atoms with E-state index in [1.807, 2.05) is 24.3 Å². The summed E-state index contributed by atoms with van der Waals surface area (Å²) in [6, 6.07) is 57.2. The third-order valence-electron chi connectivity index (χ3n) is 10.4. The molecule has 53 heavy (non-hydrogen) atoms. The van der Waals surface area contributed by atoms with Gasteiger partial charge in [-0.2, -0.15) is 0 Å². The molecule has 3 heterocycles. The first kappa shape index (κ1) is 31.0. The van der Waals surface area contributed by atoms with Gasteiger partial charge < -0.3 is 9.15 Å². The minimum Gasteiger partial charge on any atom is -0.488 e. The number of nitrogens with zero attached hydrogens (tertiary/aromatic N) is 2. The second-order valence-electron chi connectivity index (χ2n) is 13.7. The highest BCUT2D eigenvalue weighted by Crippen LogP contribution is 2.47. The van der Waals surface area contributed by atoms with Gasteiger partial charge in [-0.05, 0) is 82.3 Å². The average molecular weight is 683 g/mol. The standard InChI is InChI=1S/C49H34N2O2/c1-31-28-43(35-14-6-3-7-15-35)50-49(51-47(31)36-24-27-45-42(29-36)40-18-10-11-19-44(40)53-45)41-26-25-39(48-46(41)38-17-9-8-16-37(38)30-52-48)34-22-20-33(21-23-34)32-12-4-2-5-13-32/h2-27,29H,28,30H2,1H3. The first-order valence-corrected chi connectivity index (χ1v) is 18.1. The van der Waals surface area contributed by atoms with Crippen molar-refractivity contribution in [2.45, 2.75) is 20.0 Å². The quantitative estimate of drug-likeness (QED) is 0.181. The normalized spacial score (nSPS) is 13.9. The molecule has 0 atom stereocenters. The number of benzene rings is 7. The molecule has 10 rings (SSSR count). The number of fused-ring (bicyclic) bond motifs is 6. The molecule has 0 amide bonds. The predicted octanol–water partition coefficient (Wildman–Crippen LogP) is 12.6. The Morgan fingerprint density at radius 1 is 0.491 bits per heavy atom. The summed E-state index contributed by atoms with van der Waals surface area (Å²) >= 11 is 0. The van der Waals surface area contributed by atoms with Gasteiger partial charge in [-0.3, -0.25) is 0 Å². The summed E-state index contributed by atoms with van der Waals surface area (Å²) in [5.74, 6) is 1.51. The summed E-state index contributed by atoms with van der Waals surface area (Å²) in [6.07, 6.45) is 0.664. The Morgan fingerprint density at radius 3 is 1.96 bits per heavy atom. The van der Waals surface area contributed by atoms with Crippen molar-refractivity contribution in [1.29, 1.82) is 0 Å². The monoisotopic (exact) mass is 682 g/mol.